The van der Waals surface area contributed by atoms with Gasteiger partial charge in [-0.15, -0.1) is 0 Å². The maximum Gasteiger partial charge on any atom is 0.231 e. The van der Waals surface area contributed by atoms with Crippen molar-refractivity contribution in [1.29, 1.82) is 0 Å². The number of carbonyl (C=O) groups is 1. The smallest absolute Gasteiger partial charge is 0.231 e. The van der Waals surface area contributed by atoms with Crippen LogP contribution in [0.2, 0.25) is 5.02 Å². The fraction of sp³-hybridized carbons (Fsp3) is 0.318. The average molecular weight is 395 g/mol. The predicted molar refractivity (Wildman–Crippen MR) is 110 cm³/mol. The van der Waals surface area contributed by atoms with E-state index in [0.29, 0.717) is 5.02 Å². The molecule has 0 spiro atoms. The molecule has 1 amide bonds. The Morgan fingerprint density at radius 3 is 2.39 bits per heavy atom. The summed E-state index contributed by atoms with van der Waals surface area (Å²) in [5, 5.41) is 8.07. The molecule has 6 heteroatoms. The van der Waals surface area contributed by atoms with Crippen LogP contribution in [0.25, 0.3) is 5.69 Å². The summed E-state index contributed by atoms with van der Waals surface area (Å²) < 4.78 is 1.71. The zero-order valence-corrected chi connectivity index (χ0v) is 16.6. The van der Waals surface area contributed by atoms with E-state index in [2.05, 4.69) is 15.4 Å². The molecule has 3 aromatic rings. The standard InChI is InChI=1S/C22H23ClN4O/c1-16(17-4-10-20(11-5-17)27-15-24-14-25-27)26-21(28)22(12-2-3-13-22)18-6-8-19(23)9-7-18/h4-11,14-16H,2-3,12-13H2,1H3,(H,26,28). The molecule has 1 aliphatic carbocycles. The highest BCUT2D eigenvalue weighted by molar-refractivity contribution is 6.30. The van der Waals surface area contributed by atoms with Gasteiger partial charge in [0.2, 0.25) is 5.91 Å². The SMILES string of the molecule is CC(NC(=O)C1(c2ccc(Cl)cc2)CCCC1)c1ccc(-n2cncn2)cc1. The number of hydrogen-bond acceptors (Lipinski definition) is 3. The number of hydrogen-bond donors (Lipinski definition) is 1. The Bertz CT molecular complexity index is 930. The number of carbonyl (C=O) groups excluding carboxylic acids is 1. The lowest BCUT2D eigenvalue weighted by atomic mass is 9.77. The number of nitrogens with one attached hydrogen (secondary N) is 1. The van der Waals surface area contributed by atoms with Gasteiger partial charge in [0.1, 0.15) is 12.7 Å². The van der Waals surface area contributed by atoms with Gasteiger partial charge < -0.3 is 5.32 Å². The van der Waals surface area contributed by atoms with Crippen molar-refractivity contribution in [3.05, 3.63) is 77.3 Å². The highest BCUT2D eigenvalue weighted by atomic mass is 35.5. The Balaban J connectivity index is 1.52. The van der Waals surface area contributed by atoms with Gasteiger partial charge in [0.05, 0.1) is 17.1 Å². The van der Waals surface area contributed by atoms with E-state index in [9.17, 15) is 4.79 Å². The van der Waals surface area contributed by atoms with E-state index in [-0.39, 0.29) is 11.9 Å². The van der Waals surface area contributed by atoms with Crippen molar-refractivity contribution < 1.29 is 4.79 Å². The van der Waals surface area contributed by atoms with Gasteiger partial charge in [0, 0.05) is 5.02 Å². The number of rotatable bonds is 5. The molecule has 1 fully saturated rings. The van der Waals surface area contributed by atoms with Crippen LogP contribution in [0.1, 0.15) is 49.8 Å². The van der Waals surface area contributed by atoms with E-state index in [4.69, 9.17) is 11.6 Å². The summed E-state index contributed by atoms with van der Waals surface area (Å²) in [6, 6.07) is 15.6. The molecule has 1 aliphatic rings. The molecule has 1 heterocycles. The van der Waals surface area contributed by atoms with Crippen molar-refractivity contribution in [2.45, 2.75) is 44.1 Å². The van der Waals surface area contributed by atoms with Crippen molar-refractivity contribution >= 4 is 17.5 Å². The van der Waals surface area contributed by atoms with E-state index in [0.717, 1.165) is 42.5 Å². The molecule has 1 saturated carbocycles. The van der Waals surface area contributed by atoms with Crippen molar-refractivity contribution in [2.24, 2.45) is 0 Å². The summed E-state index contributed by atoms with van der Waals surface area (Å²) in [5.74, 6) is 0.0974. The zero-order chi connectivity index (χ0) is 19.6. The summed E-state index contributed by atoms with van der Waals surface area (Å²) >= 11 is 6.05. The second-order valence-corrected chi connectivity index (χ2v) is 7.86. The molecule has 2 aromatic carbocycles. The van der Waals surface area contributed by atoms with Crippen LogP contribution in [0.5, 0.6) is 0 Å². The number of halogens is 1. The van der Waals surface area contributed by atoms with E-state index in [1.54, 1.807) is 11.0 Å². The topological polar surface area (TPSA) is 59.8 Å². The summed E-state index contributed by atoms with van der Waals surface area (Å²) in [4.78, 5) is 17.3. The fourth-order valence-electron chi connectivity index (χ4n) is 4.07. The summed E-state index contributed by atoms with van der Waals surface area (Å²) in [6.07, 6.45) is 7.05. The van der Waals surface area contributed by atoms with Crippen LogP contribution in [-0.4, -0.2) is 20.7 Å². The second-order valence-electron chi connectivity index (χ2n) is 7.42. The fourth-order valence-corrected chi connectivity index (χ4v) is 4.20. The quantitative estimate of drug-likeness (QED) is 0.687. The van der Waals surface area contributed by atoms with Gasteiger partial charge in [0.15, 0.2) is 0 Å². The lowest BCUT2D eigenvalue weighted by molar-refractivity contribution is -0.127. The average Bonchev–Trinajstić information content (AvgIpc) is 3.41. The Morgan fingerprint density at radius 1 is 1.11 bits per heavy atom. The Kier molecular flexibility index (Phi) is 5.18. The van der Waals surface area contributed by atoms with Gasteiger partial charge in [-0.1, -0.05) is 48.7 Å². The van der Waals surface area contributed by atoms with Crippen LogP contribution in [0.4, 0.5) is 0 Å². The number of aromatic nitrogens is 3. The molecular formula is C22H23ClN4O. The van der Waals surface area contributed by atoms with Crippen LogP contribution in [0.3, 0.4) is 0 Å². The Labute approximate surface area is 169 Å². The lowest BCUT2D eigenvalue weighted by Crippen LogP contribution is -2.43. The summed E-state index contributed by atoms with van der Waals surface area (Å²) in [7, 11) is 0. The van der Waals surface area contributed by atoms with Crippen LogP contribution in [0, 0.1) is 0 Å². The summed E-state index contributed by atoms with van der Waals surface area (Å²) in [5.41, 5.74) is 2.59. The van der Waals surface area contributed by atoms with Crippen LogP contribution < -0.4 is 5.32 Å². The molecule has 1 unspecified atom stereocenters. The first kappa shape index (κ1) is 18.7. The van der Waals surface area contributed by atoms with Crippen molar-refractivity contribution in [1.82, 2.24) is 20.1 Å². The van der Waals surface area contributed by atoms with Gasteiger partial charge >= 0.3 is 0 Å². The van der Waals surface area contributed by atoms with Crippen molar-refractivity contribution in [2.75, 3.05) is 0 Å². The molecule has 1 aromatic heterocycles. The number of amides is 1. The molecule has 4 rings (SSSR count). The first-order valence-corrected chi connectivity index (χ1v) is 9.98. The van der Waals surface area contributed by atoms with Crippen molar-refractivity contribution in [3.63, 3.8) is 0 Å². The monoisotopic (exact) mass is 394 g/mol. The van der Waals surface area contributed by atoms with Gasteiger partial charge in [-0.2, -0.15) is 5.10 Å². The first-order valence-electron chi connectivity index (χ1n) is 9.60. The highest BCUT2D eigenvalue weighted by Gasteiger charge is 2.43. The molecule has 144 valence electrons. The molecule has 1 N–H and O–H groups in total. The Morgan fingerprint density at radius 2 is 1.79 bits per heavy atom. The van der Waals surface area contributed by atoms with Gasteiger partial charge in [-0.05, 0) is 55.2 Å². The van der Waals surface area contributed by atoms with E-state index in [1.807, 2.05) is 55.5 Å². The van der Waals surface area contributed by atoms with E-state index in [1.165, 1.54) is 6.33 Å². The maximum absolute atomic E-state index is 13.3. The predicted octanol–water partition coefficient (Wildman–Crippen LogP) is 4.61. The van der Waals surface area contributed by atoms with Crippen LogP contribution >= 0.6 is 11.6 Å². The summed E-state index contributed by atoms with van der Waals surface area (Å²) in [6.45, 7) is 2.02. The molecular weight excluding hydrogens is 372 g/mol. The third-order valence-corrected chi connectivity index (χ3v) is 5.96. The minimum Gasteiger partial charge on any atom is -0.349 e. The highest BCUT2D eigenvalue weighted by Crippen LogP contribution is 2.42. The van der Waals surface area contributed by atoms with Gasteiger partial charge in [0.25, 0.3) is 0 Å². The first-order chi connectivity index (χ1) is 13.6. The van der Waals surface area contributed by atoms with Crippen LogP contribution in [-0.2, 0) is 10.2 Å². The lowest BCUT2D eigenvalue weighted by Gasteiger charge is -2.30. The van der Waals surface area contributed by atoms with Gasteiger partial charge in [-0.3, -0.25) is 4.79 Å². The molecule has 0 saturated heterocycles. The number of nitrogens with zero attached hydrogens (tertiary/aromatic N) is 3. The maximum atomic E-state index is 13.3. The molecule has 28 heavy (non-hydrogen) atoms. The third-order valence-electron chi connectivity index (χ3n) is 5.71. The molecule has 5 nitrogen and oxygen atoms in total. The number of benzene rings is 2. The van der Waals surface area contributed by atoms with E-state index < -0.39 is 5.41 Å². The van der Waals surface area contributed by atoms with Crippen molar-refractivity contribution in [3.8, 4) is 5.69 Å². The molecule has 0 bridgehead atoms. The molecule has 0 radical (unpaired) electrons. The molecule has 0 aliphatic heterocycles. The Hall–Kier alpha value is -2.66. The minimum absolute atomic E-state index is 0.0814. The molecule has 1 atom stereocenters. The zero-order valence-electron chi connectivity index (χ0n) is 15.8. The van der Waals surface area contributed by atoms with Gasteiger partial charge in [-0.25, -0.2) is 9.67 Å². The third kappa shape index (κ3) is 3.54. The normalized spacial score (nSPS) is 16.6. The van der Waals surface area contributed by atoms with E-state index >= 15 is 0 Å². The van der Waals surface area contributed by atoms with Crippen LogP contribution in [0.15, 0.2) is 61.2 Å². The largest absolute Gasteiger partial charge is 0.349 e. The second kappa shape index (κ2) is 7.76. The minimum atomic E-state index is -0.459.